The predicted molar refractivity (Wildman–Crippen MR) is 113 cm³/mol. The number of hydrogen-bond donors (Lipinski definition) is 2. The van der Waals surface area contributed by atoms with Crippen LogP contribution in [0.2, 0.25) is 0 Å². The summed E-state index contributed by atoms with van der Waals surface area (Å²) in [7, 11) is 0. The van der Waals surface area contributed by atoms with Crippen molar-refractivity contribution in [3.05, 3.63) is 87.6 Å². The van der Waals surface area contributed by atoms with Gasteiger partial charge in [-0.25, -0.2) is 0 Å². The van der Waals surface area contributed by atoms with E-state index in [-0.39, 0.29) is 11.9 Å². The number of benzene rings is 2. The Hall–Kier alpha value is -2.94. The molecule has 3 N–H and O–H groups in total. The van der Waals surface area contributed by atoms with Crippen molar-refractivity contribution < 1.29 is 10.1 Å². The molecule has 1 atom stereocenters. The predicted octanol–water partition coefficient (Wildman–Crippen LogP) is 4.03. The van der Waals surface area contributed by atoms with E-state index in [0.29, 0.717) is 23.7 Å². The topological polar surface area (TPSA) is 69.5 Å². The first-order valence-electron chi connectivity index (χ1n) is 9.33. The van der Waals surface area contributed by atoms with Crippen LogP contribution in [0.1, 0.15) is 47.4 Å². The van der Waals surface area contributed by atoms with Crippen LogP contribution in [0.5, 0.6) is 0 Å². The standard InChI is InChI=1S/C23H23N3OS/c1-16(2)18-7-9-19(10-8-18)23(21-4-3-13-28-21)25-15-22(27)26-20-11-5-17(14-24)6-12-20/h3-13,16,23,25H,15H2,1-2H3,(H,26,27)/p+1/t23-/m0/s1. The molecule has 28 heavy (non-hydrogen) atoms. The van der Waals surface area contributed by atoms with Gasteiger partial charge in [0.25, 0.3) is 5.91 Å². The number of anilines is 1. The molecular weight excluding hydrogens is 366 g/mol. The van der Waals surface area contributed by atoms with Gasteiger partial charge >= 0.3 is 0 Å². The minimum Gasteiger partial charge on any atom is -0.328 e. The number of nitrogens with zero attached hydrogens (tertiary/aromatic N) is 1. The molecule has 2 aromatic carbocycles. The number of carbonyl (C=O) groups excluding carboxylic acids is 1. The molecule has 3 aromatic rings. The van der Waals surface area contributed by atoms with Crippen LogP contribution in [-0.4, -0.2) is 12.5 Å². The smallest absolute Gasteiger partial charge is 0.279 e. The van der Waals surface area contributed by atoms with Gasteiger partial charge in [-0.3, -0.25) is 4.79 Å². The Morgan fingerprint density at radius 1 is 1.07 bits per heavy atom. The molecule has 142 valence electrons. The normalized spacial score (nSPS) is 11.8. The van der Waals surface area contributed by atoms with Crippen LogP contribution in [0.4, 0.5) is 5.69 Å². The van der Waals surface area contributed by atoms with Crippen molar-refractivity contribution in [3.8, 4) is 6.07 Å². The van der Waals surface area contributed by atoms with E-state index in [4.69, 9.17) is 5.26 Å². The molecular formula is C23H24N3OS+. The maximum absolute atomic E-state index is 12.4. The molecule has 0 fully saturated rings. The van der Waals surface area contributed by atoms with E-state index < -0.39 is 0 Å². The van der Waals surface area contributed by atoms with Gasteiger partial charge in [-0.05, 0) is 47.2 Å². The number of rotatable bonds is 7. The molecule has 3 rings (SSSR count). The van der Waals surface area contributed by atoms with Crippen LogP contribution in [0.3, 0.4) is 0 Å². The average Bonchev–Trinajstić information content (AvgIpc) is 3.23. The fourth-order valence-electron chi connectivity index (χ4n) is 3.04. The highest BCUT2D eigenvalue weighted by Crippen LogP contribution is 2.24. The van der Waals surface area contributed by atoms with Crippen molar-refractivity contribution in [1.29, 1.82) is 5.26 Å². The van der Waals surface area contributed by atoms with Crippen molar-refractivity contribution in [1.82, 2.24) is 0 Å². The summed E-state index contributed by atoms with van der Waals surface area (Å²) in [6, 6.07) is 21.9. The van der Waals surface area contributed by atoms with Gasteiger partial charge in [-0.15, -0.1) is 11.3 Å². The lowest BCUT2D eigenvalue weighted by molar-refractivity contribution is -0.675. The van der Waals surface area contributed by atoms with E-state index in [1.165, 1.54) is 16.0 Å². The zero-order valence-electron chi connectivity index (χ0n) is 16.1. The lowest BCUT2D eigenvalue weighted by atomic mass is 9.98. The maximum Gasteiger partial charge on any atom is 0.279 e. The lowest BCUT2D eigenvalue weighted by Gasteiger charge is -2.16. The third-order valence-electron chi connectivity index (χ3n) is 4.65. The Bertz CT molecular complexity index is 939. The number of quaternary nitrogens is 1. The largest absolute Gasteiger partial charge is 0.328 e. The molecule has 0 bridgehead atoms. The molecule has 0 unspecified atom stereocenters. The van der Waals surface area contributed by atoms with Gasteiger partial charge in [0.15, 0.2) is 6.54 Å². The third kappa shape index (κ3) is 5.07. The number of nitrogens with two attached hydrogens (primary N) is 1. The van der Waals surface area contributed by atoms with Gasteiger partial charge in [0.05, 0.1) is 16.5 Å². The average molecular weight is 391 g/mol. The fourth-order valence-corrected chi connectivity index (χ4v) is 3.89. The first-order valence-corrected chi connectivity index (χ1v) is 10.2. The van der Waals surface area contributed by atoms with Crippen molar-refractivity contribution in [2.75, 3.05) is 11.9 Å². The zero-order chi connectivity index (χ0) is 19.9. The lowest BCUT2D eigenvalue weighted by Crippen LogP contribution is -2.87. The summed E-state index contributed by atoms with van der Waals surface area (Å²) >= 11 is 1.70. The van der Waals surface area contributed by atoms with Crippen molar-refractivity contribution in [3.63, 3.8) is 0 Å². The molecule has 0 radical (unpaired) electrons. The van der Waals surface area contributed by atoms with Gasteiger partial charge in [-0.1, -0.05) is 44.2 Å². The first kappa shape index (κ1) is 19.8. The molecule has 4 nitrogen and oxygen atoms in total. The van der Waals surface area contributed by atoms with Crippen LogP contribution in [-0.2, 0) is 4.79 Å². The van der Waals surface area contributed by atoms with Crippen LogP contribution >= 0.6 is 11.3 Å². The molecule has 0 aliphatic rings. The third-order valence-corrected chi connectivity index (χ3v) is 5.60. The maximum atomic E-state index is 12.4. The van der Waals surface area contributed by atoms with Gasteiger partial charge < -0.3 is 10.6 Å². The summed E-state index contributed by atoms with van der Waals surface area (Å²) in [6.45, 7) is 4.69. The van der Waals surface area contributed by atoms with E-state index in [2.05, 4.69) is 66.3 Å². The van der Waals surface area contributed by atoms with E-state index in [1.54, 1.807) is 35.6 Å². The second kappa shape index (κ2) is 9.32. The Labute approximate surface area is 169 Å². The molecule has 5 heteroatoms. The number of amides is 1. The molecule has 0 saturated carbocycles. The highest BCUT2D eigenvalue weighted by Gasteiger charge is 2.20. The van der Waals surface area contributed by atoms with Gasteiger partial charge in [0.2, 0.25) is 0 Å². The first-order chi connectivity index (χ1) is 13.6. The molecule has 0 aliphatic heterocycles. The molecule has 1 aromatic heterocycles. The number of carbonyl (C=O) groups is 1. The summed E-state index contributed by atoms with van der Waals surface area (Å²) in [4.78, 5) is 13.6. The highest BCUT2D eigenvalue weighted by molar-refractivity contribution is 7.10. The van der Waals surface area contributed by atoms with E-state index >= 15 is 0 Å². The second-order valence-electron chi connectivity index (χ2n) is 6.99. The SMILES string of the molecule is CC(C)c1ccc([C@H]([NH2+]CC(=O)Nc2ccc(C#N)cc2)c2cccs2)cc1. The summed E-state index contributed by atoms with van der Waals surface area (Å²) in [5.41, 5.74) is 3.78. The minimum absolute atomic E-state index is 0.0648. The summed E-state index contributed by atoms with van der Waals surface area (Å²) in [5.74, 6) is 0.432. The Morgan fingerprint density at radius 2 is 1.75 bits per heavy atom. The van der Waals surface area contributed by atoms with Crippen LogP contribution < -0.4 is 10.6 Å². The number of hydrogen-bond acceptors (Lipinski definition) is 3. The van der Waals surface area contributed by atoms with Crippen molar-refractivity contribution >= 4 is 22.9 Å². The Kier molecular flexibility index (Phi) is 6.59. The van der Waals surface area contributed by atoms with Crippen molar-refractivity contribution in [2.45, 2.75) is 25.8 Å². The van der Waals surface area contributed by atoms with Crippen LogP contribution in [0.25, 0.3) is 0 Å². The summed E-state index contributed by atoms with van der Waals surface area (Å²) < 4.78 is 0. The monoisotopic (exact) mass is 390 g/mol. The summed E-state index contributed by atoms with van der Waals surface area (Å²) in [5, 5.41) is 15.9. The molecule has 1 amide bonds. The van der Waals surface area contributed by atoms with Gasteiger partial charge in [0.1, 0.15) is 6.04 Å². The van der Waals surface area contributed by atoms with E-state index in [0.717, 1.165) is 0 Å². The quantitative estimate of drug-likeness (QED) is 0.639. The Morgan fingerprint density at radius 3 is 2.32 bits per heavy atom. The molecule has 1 heterocycles. The Balaban J connectivity index is 1.68. The summed E-state index contributed by atoms with van der Waals surface area (Å²) in [6.07, 6.45) is 0. The fraction of sp³-hybridized carbons (Fsp3) is 0.217. The molecule has 0 aliphatic carbocycles. The molecule has 0 saturated heterocycles. The van der Waals surface area contributed by atoms with Crippen LogP contribution in [0.15, 0.2) is 66.0 Å². The number of thiophene rings is 1. The van der Waals surface area contributed by atoms with Gasteiger partial charge in [-0.2, -0.15) is 5.26 Å². The van der Waals surface area contributed by atoms with E-state index in [1.807, 2.05) is 6.07 Å². The van der Waals surface area contributed by atoms with Crippen LogP contribution in [0, 0.1) is 11.3 Å². The van der Waals surface area contributed by atoms with E-state index in [9.17, 15) is 4.79 Å². The zero-order valence-corrected chi connectivity index (χ0v) is 16.9. The number of nitriles is 1. The van der Waals surface area contributed by atoms with Gasteiger partial charge in [0, 0.05) is 11.3 Å². The highest BCUT2D eigenvalue weighted by atomic mass is 32.1. The second-order valence-corrected chi connectivity index (χ2v) is 7.97. The molecule has 0 spiro atoms. The minimum atomic E-state index is -0.0648. The van der Waals surface area contributed by atoms with Crippen molar-refractivity contribution in [2.24, 2.45) is 0 Å². The number of nitrogens with one attached hydrogen (secondary N) is 1.